The van der Waals surface area contributed by atoms with Crippen molar-refractivity contribution in [2.24, 2.45) is 5.41 Å². The van der Waals surface area contributed by atoms with Crippen LogP contribution in [0.2, 0.25) is 0 Å². The molecule has 316 valence electrons. The Bertz CT molecular complexity index is 1730. The van der Waals surface area contributed by atoms with E-state index in [1.165, 1.54) is 13.8 Å². The second-order valence-corrected chi connectivity index (χ2v) is 17.7. The minimum atomic E-state index is -5.54. The van der Waals surface area contributed by atoms with E-state index in [1.807, 2.05) is 20.8 Å². The van der Waals surface area contributed by atoms with Crippen molar-refractivity contribution in [1.82, 2.24) is 30.2 Å². The molecular formula is C27H50N7O17P3S. The molecule has 2 aromatic rings. The van der Waals surface area contributed by atoms with E-state index in [2.05, 4.69) is 47.0 Å². The summed E-state index contributed by atoms with van der Waals surface area (Å²) in [6.45, 7) is 6.56. The van der Waals surface area contributed by atoms with Crippen molar-refractivity contribution in [2.45, 2.75) is 90.1 Å². The van der Waals surface area contributed by atoms with Crippen LogP contribution in [0, 0.1) is 5.41 Å². The molecule has 1 fully saturated rings. The number of ether oxygens (including phenoxy) is 1. The number of fused-ring (bicyclic) bond motifs is 1. The fourth-order valence-electron chi connectivity index (χ4n) is 4.39. The van der Waals surface area contributed by atoms with Gasteiger partial charge in [0.1, 0.15) is 36.3 Å². The standard InChI is InChI=1S/C21H36N7O16P3S.C6H14O/c1-21(2,16(31)19(32)24-4-3-12(29)23-5-6-48)8-41-47(38,39)44-46(36,37)40-7-11-15(43-45(33,34)35)14(30)20(42-11)28-10-27-13-17(22)25-9-26-18(13)28;1-4-6(3,7)5-2/h9-11,14-16,20,30-31,48H,3-8H2,1-2H3,(H,23,29)(H,24,32)(H,36,37)(H,38,39)(H2,22,25,26)(H2,33,34,35);7H,4-5H2,1-3H3/t11-,14-,15-,16+,20-;/m1./s1. The Morgan fingerprint density at radius 2 is 1.65 bits per heavy atom. The number of rotatable bonds is 20. The van der Waals surface area contributed by atoms with Gasteiger partial charge < -0.3 is 56.0 Å². The van der Waals surface area contributed by atoms with Gasteiger partial charge in [-0.25, -0.2) is 28.6 Å². The minimum Gasteiger partial charge on any atom is -0.390 e. The molecule has 2 amide bonds. The Labute approximate surface area is 321 Å². The van der Waals surface area contributed by atoms with Gasteiger partial charge in [0.2, 0.25) is 11.8 Å². The van der Waals surface area contributed by atoms with Gasteiger partial charge in [-0.1, -0.05) is 27.7 Å². The molecule has 0 aromatic carbocycles. The van der Waals surface area contributed by atoms with E-state index in [0.717, 1.165) is 30.1 Å². The summed E-state index contributed by atoms with van der Waals surface area (Å²) in [6.07, 6.45) is -5.04. The zero-order valence-electron chi connectivity index (χ0n) is 30.6. The third kappa shape index (κ3) is 15.6. The Morgan fingerprint density at radius 3 is 2.22 bits per heavy atom. The first kappa shape index (κ1) is 49.0. The lowest BCUT2D eigenvalue weighted by Gasteiger charge is -2.30. The zero-order chi connectivity index (χ0) is 42.0. The lowest BCUT2D eigenvalue weighted by atomic mass is 9.87. The molecule has 0 aliphatic carbocycles. The number of carbonyl (C=O) groups is 2. The van der Waals surface area contributed by atoms with E-state index in [-0.39, 0.29) is 35.9 Å². The first-order valence-electron chi connectivity index (χ1n) is 16.5. The van der Waals surface area contributed by atoms with Crippen LogP contribution in [-0.2, 0) is 45.9 Å². The number of aromatic nitrogens is 4. The molecule has 0 spiro atoms. The van der Waals surface area contributed by atoms with Gasteiger partial charge in [-0.05, 0) is 19.8 Å². The average molecular weight is 870 g/mol. The number of nitrogens with zero attached hydrogens (tertiary/aromatic N) is 4. The maximum atomic E-state index is 12.6. The van der Waals surface area contributed by atoms with Crippen LogP contribution >= 0.6 is 36.1 Å². The van der Waals surface area contributed by atoms with E-state index >= 15 is 0 Å². The van der Waals surface area contributed by atoms with Gasteiger partial charge in [0.25, 0.3) is 0 Å². The predicted octanol–water partition coefficient (Wildman–Crippen LogP) is -0.108. The largest absolute Gasteiger partial charge is 0.481 e. The van der Waals surface area contributed by atoms with Crippen LogP contribution < -0.4 is 16.4 Å². The molecule has 24 nitrogen and oxygen atoms in total. The maximum Gasteiger partial charge on any atom is 0.481 e. The molecule has 0 saturated carbocycles. The van der Waals surface area contributed by atoms with Crippen LogP contribution in [0.4, 0.5) is 5.82 Å². The molecule has 1 aliphatic rings. The molecule has 28 heteroatoms. The number of imidazole rings is 1. The van der Waals surface area contributed by atoms with Crippen molar-refractivity contribution in [1.29, 1.82) is 0 Å². The first-order chi connectivity index (χ1) is 25.3. The highest BCUT2D eigenvalue weighted by Crippen LogP contribution is 2.61. The Hall–Kier alpha value is -2.15. The summed E-state index contributed by atoms with van der Waals surface area (Å²) in [6, 6.07) is 0. The lowest BCUT2D eigenvalue weighted by Crippen LogP contribution is -2.46. The third-order valence-corrected chi connectivity index (χ3v) is 11.4. The van der Waals surface area contributed by atoms with Crippen molar-refractivity contribution in [3.63, 3.8) is 0 Å². The molecule has 1 aliphatic heterocycles. The van der Waals surface area contributed by atoms with E-state index in [4.69, 9.17) is 24.6 Å². The summed E-state index contributed by atoms with van der Waals surface area (Å²) in [4.78, 5) is 74.6. The van der Waals surface area contributed by atoms with Gasteiger partial charge in [0.05, 0.1) is 25.1 Å². The van der Waals surface area contributed by atoms with Gasteiger partial charge in [-0.2, -0.15) is 16.9 Å². The second-order valence-electron chi connectivity index (χ2n) is 13.0. The Morgan fingerprint density at radius 1 is 1.04 bits per heavy atom. The predicted molar refractivity (Wildman–Crippen MR) is 195 cm³/mol. The molecule has 55 heavy (non-hydrogen) atoms. The summed E-state index contributed by atoms with van der Waals surface area (Å²) in [5.74, 6) is -0.943. The number of phosphoric ester groups is 3. The fraction of sp³-hybridized carbons (Fsp3) is 0.741. The number of anilines is 1. The number of hydrogen-bond donors (Lipinski definition) is 11. The van der Waals surface area contributed by atoms with Crippen molar-refractivity contribution in [2.75, 3.05) is 37.8 Å². The number of thiol groups is 1. The molecule has 7 atom stereocenters. The number of aliphatic hydroxyl groups is 3. The molecule has 11 N–H and O–H groups in total. The van der Waals surface area contributed by atoms with Crippen molar-refractivity contribution in [3.8, 4) is 0 Å². The number of phosphoric acid groups is 3. The maximum absolute atomic E-state index is 12.6. The number of nitrogen functional groups attached to an aromatic ring is 1. The highest BCUT2D eigenvalue weighted by molar-refractivity contribution is 7.80. The highest BCUT2D eigenvalue weighted by Gasteiger charge is 2.50. The van der Waals surface area contributed by atoms with Crippen molar-refractivity contribution < 1.29 is 80.8 Å². The van der Waals surface area contributed by atoms with Gasteiger partial charge in [0.15, 0.2) is 17.7 Å². The quantitative estimate of drug-likeness (QED) is 0.0611. The number of aliphatic hydroxyl groups excluding tert-OH is 2. The minimum absolute atomic E-state index is 0.0363. The van der Waals surface area contributed by atoms with E-state index < -0.39 is 84.2 Å². The summed E-state index contributed by atoms with van der Waals surface area (Å²) >= 11 is 3.95. The number of nitrogens with one attached hydrogen (secondary N) is 2. The molecule has 1 saturated heterocycles. The molecule has 0 radical (unpaired) electrons. The SMILES string of the molecule is CC(C)(COP(=O)(O)OP(=O)(O)OC[C@H]1O[C@@H](n2cnc3c(N)ncnc32)[C@H](O)[C@@H]1OP(=O)(O)O)[C@@H](O)C(=O)NCCC(=O)NCCS.CCC(C)(O)CC. The van der Waals surface area contributed by atoms with Gasteiger partial charge in [-0.3, -0.25) is 27.7 Å². The van der Waals surface area contributed by atoms with Gasteiger partial charge in [-0.15, -0.1) is 0 Å². The third-order valence-electron chi connectivity index (χ3n) is 8.03. The molecule has 0 bridgehead atoms. The van der Waals surface area contributed by atoms with Crippen molar-refractivity contribution in [3.05, 3.63) is 12.7 Å². The summed E-state index contributed by atoms with van der Waals surface area (Å²) < 4.78 is 61.7. The Kier molecular flexibility index (Phi) is 18.3. The summed E-state index contributed by atoms with van der Waals surface area (Å²) in [5.41, 5.74) is 3.88. The average Bonchev–Trinajstić information content (AvgIpc) is 3.65. The normalized spacial score (nSPS) is 21.9. The zero-order valence-corrected chi connectivity index (χ0v) is 34.1. The van der Waals surface area contributed by atoms with E-state index in [9.17, 15) is 53.1 Å². The number of nitrogens with two attached hydrogens (primary N) is 1. The van der Waals surface area contributed by atoms with Crippen molar-refractivity contribution >= 4 is 64.9 Å². The lowest BCUT2D eigenvalue weighted by molar-refractivity contribution is -0.137. The molecular weight excluding hydrogens is 819 g/mol. The van der Waals surface area contributed by atoms with E-state index in [0.29, 0.717) is 12.3 Å². The smallest absolute Gasteiger partial charge is 0.390 e. The van der Waals surface area contributed by atoms with Gasteiger partial charge in [0, 0.05) is 30.7 Å². The molecule has 3 heterocycles. The highest BCUT2D eigenvalue weighted by atomic mass is 32.1. The molecule has 2 aromatic heterocycles. The second kappa shape index (κ2) is 20.5. The van der Waals surface area contributed by atoms with Crippen LogP contribution in [0.5, 0.6) is 0 Å². The molecule has 2 unspecified atom stereocenters. The Balaban J connectivity index is 0.00000136. The molecule has 3 rings (SSSR count). The first-order valence-corrected chi connectivity index (χ1v) is 21.7. The summed E-state index contributed by atoms with van der Waals surface area (Å²) in [5, 5.41) is 35.2. The van der Waals surface area contributed by atoms with Crippen LogP contribution in [-0.4, -0.2) is 128 Å². The van der Waals surface area contributed by atoms with Crippen LogP contribution in [0.15, 0.2) is 12.7 Å². The topological polar surface area (TPSA) is 367 Å². The van der Waals surface area contributed by atoms with E-state index in [1.54, 1.807) is 0 Å². The van der Waals surface area contributed by atoms with Crippen LogP contribution in [0.1, 0.15) is 60.1 Å². The van der Waals surface area contributed by atoms with Gasteiger partial charge >= 0.3 is 23.5 Å². The van der Waals surface area contributed by atoms with Crippen LogP contribution in [0.3, 0.4) is 0 Å². The number of hydrogen-bond acceptors (Lipinski definition) is 18. The monoisotopic (exact) mass is 869 g/mol. The summed E-state index contributed by atoms with van der Waals surface area (Å²) in [7, 11) is -16.3. The fourth-order valence-corrected chi connectivity index (χ4v) is 7.33. The number of carbonyl (C=O) groups excluding carboxylic acids is 2. The van der Waals surface area contributed by atoms with Crippen LogP contribution in [0.25, 0.3) is 11.2 Å². The number of amides is 2.